The summed E-state index contributed by atoms with van der Waals surface area (Å²) in [6.45, 7) is 1.93. The Labute approximate surface area is 193 Å². The van der Waals surface area contributed by atoms with Crippen molar-refractivity contribution in [2.75, 3.05) is 12.0 Å². The number of ether oxygens (including phenoxy) is 1. The maximum absolute atomic E-state index is 13.2. The summed E-state index contributed by atoms with van der Waals surface area (Å²) in [6, 6.07) is 15.2. The summed E-state index contributed by atoms with van der Waals surface area (Å²) in [5.41, 5.74) is 2.76. The van der Waals surface area contributed by atoms with Gasteiger partial charge in [-0.15, -0.1) is 0 Å². The van der Waals surface area contributed by atoms with Crippen LogP contribution in [0.25, 0.3) is 16.0 Å². The number of thiazole rings is 1. The molecule has 2 aromatic heterocycles. The van der Waals surface area contributed by atoms with Crippen molar-refractivity contribution in [2.24, 2.45) is 0 Å². The first-order chi connectivity index (χ1) is 16.0. The van der Waals surface area contributed by atoms with Crippen molar-refractivity contribution in [1.29, 1.82) is 0 Å². The molecular weight excluding hydrogens is 438 g/mol. The number of hydrogen-bond donors (Lipinski definition) is 1. The Morgan fingerprint density at radius 3 is 2.61 bits per heavy atom. The monoisotopic (exact) mass is 457 g/mol. The highest BCUT2D eigenvalue weighted by Gasteiger charge is 2.48. The van der Waals surface area contributed by atoms with Crippen LogP contribution in [0.3, 0.4) is 0 Å². The molecule has 1 N–H and O–H groups in total. The number of aliphatic hydroxyl groups excluding tert-OH is 1. The van der Waals surface area contributed by atoms with E-state index in [2.05, 4.69) is 9.97 Å². The third-order valence-electron chi connectivity index (χ3n) is 5.56. The smallest absolute Gasteiger partial charge is 0.301 e. The number of carbonyl (C=O) groups is 2. The van der Waals surface area contributed by atoms with Crippen molar-refractivity contribution < 1.29 is 19.4 Å². The highest BCUT2D eigenvalue weighted by atomic mass is 32.1. The lowest BCUT2D eigenvalue weighted by Gasteiger charge is -2.22. The maximum atomic E-state index is 13.2. The van der Waals surface area contributed by atoms with Crippen LogP contribution in [0, 0.1) is 6.92 Å². The van der Waals surface area contributed by atoms with Crippen molar-refractivity contribution in [3.8, 4) is 5.75 Å². The first-order valence-electron chi connectivity index (χ1n) is 10.2. The van der Waals surface area contributed by atoms with Gasteiger partial charge in [-0.1, -0.05) is 47.2 Å². The number of nitrogens with zero attached hydrogens (tertiary/aromatic N) is 3. The molecule has 0 aliphatic carbocycles. The number of carbonyl (C=O) groups excluding carboxylic acids is 2. The number of Topliss-reactive ketones (excluding diaryl/α,β-unsaturated/α-hetero) is 1. The molecule has 1 amide bonds. The fourth-order valence-electron chi connectivity index (χ4n) is 3.87. The molecule has 0 bridgehead atoms. The van der Waals surface area contributed by atoms with Crippen molar-refractivity contribution in [2.45, 2.75) is 13.0 Å². The van der Waals surface area contributed by atoms with E-state index in [-0.39, 0.29) is 11.3 Å². The number of pyridine rings is 1. The molecule has 0 radical (unpaired) electrons. The van der Waals surface area contributed by atoms with Crippen molar-refractivity contribution >= 4 is 44.1 Å². The second-order valence-corrected chi connectivity index (χ2v) is 8.66. The number of aromatic nitrogens is 2. The highest BCUT2D eigenvalue weighted by Crippen LogP contribution is 2.44. The fourth-order valence-corrected chi connectivity index (χ4v) is 4.89. The molecular formula is C25H19N3O4S. The number of rotatable bonds is 4. The number of benzene rings is 2. The average Bonchev–Trinajstić information content (AvgIpc) is 3.37. The van der Waals surface area contributed by atoms with Gasteiger partial charge in [0.15, 0.2) is 5.13 Å². The van der Waals surface area contributed by atoms with Gasteiger partial charge in [0.25, 0.3) is 5.78 Å². The van der Waals surface area contributed by atoms with E-state index in [0.717, 1.165) is 10.3 Å². The summed E-state index contributed by atoms with van der Waals surface area (Å²) in [5.74, 6) is -1.07. The van der Waals surface area contributed by atoms with Gasteiger partial charge in [-0.05, 0) is 36.8 Å². The van der Waals surface area contributed by atoms with Gasteiger partial charge in [0.05, 0.1) is 28.9 Å². The zero-order valence-electron chi connectivity index (χ0n) is 17.9. The van der Waals surface area contributed by atoms with E-state index < -0.39 is 17.7 Å². The fraction of sp³-hybridized carbons (Fsp3) is 0.120. The minimum Gasteiger partial charge on any atom is -0.507 e. The predicted molar refractivity (Wildman–Crippen MR) is 126 cm³/mol. The number of aliphatic hydroxyl groups is 1. The second kappa shape index (κ2) is 8.14. The zero-order chi connectivity index (χ0) is 23.1. The molecule has 0 spiro atoms. The lowest BCUT2D eigenvalue weighted by molar-refractivity contribution is -0.132. The van der Waals surface area contributed by atoms with Gasteiger partial charge in [-0.3, -0.25) is 19.5 Å². The molecule has 1 fully saturated rings. The van der Waals surface area contributed by atoms with Gasteiger partial charge in [0, 0.05) is 18.0 Å². The minimum atomic E-state index is -0.859. The van der Waals surface area contributed by atoms with E-state index in [9.17, 15) is 14.7 Å². The Kier molecular flexibility index (Phi) is 5.14. The van der Waals surface area contributed by atoms with Crippen LogP contribution in [0.5, 0.6) is 5.75 Å². The molecule has 8 heteroatoms. The van der Waals surface area contributed by atoms with Crippen LogP contribution < -0.4 is 9.64 Å². The summed E-state index contributed by atoms with van der Waals surface area (Å²) >= 11 is 1.28. The van der Waals surface area contributed by atoms with Crippen LogP contribution in [-0.2, 0) is 9.59 Å². The lowest BCUT2D eigenvalue weighted by Crippen LogP contribution is -2.29. The SMILES string of the molecule is COc1ccc2nc(N3C(=O)C(=O)C(=C(O)c4ccc(C)cc4)[C@H]3c3cccnc3)sc2c1. The molecule has 1 aliphatic rings. The first kappa shape index (κ1) is 20.8. The number of fused-ring (bicyclic) bond motifs is 1. The molecule has 0 saturated carbocycles. The van der Waals surface area contributed by atoms with Gasteiger partial charge >= 0.3 is 5.91 Å². The van der Waals surface area contributed by atoms with Crippen LogP contribution >= 0.6 is 11.3 Å². The minimum absolute atomic E-state index is 0.00805. The highest BCUT2D eigenvalue weighted by molar-refractivity contribution is 7.22. The van der Waals surface area contributed by atoms with Gasteiger partial charge in [-0.25, -0.2) is 4.98 Å². The largest absolute Gasteiger partial charge is 0.507 e. The lowest BCUT2D eigenvalue weighted by atomic mass is 9.96. The van der Waals surface area contributed by atoms with E-state index in [1.807, 2.05) is 25.1 Å². The van der Waals surface area contributed by atoms with Gasteiger partial charge in [0.2, 0.25) is 0 Å². The molecule has 5 rings (SSSR count). The molecule has 7 nitrogen and oxygen atoms in total. The molecule has 33 heavy (non-hydrogen) atoms. The summed E-state index contributed by atoms with van der Waals surface area (Å²) < 4.78 is 6.10. The average molecular weight is 458 g/mol. The molecule has 0 unspecified atom stereocenters. The van der Waals surface area contributed by atoms with Crippen LogP contribution in [0.1, 0.15) is 22.7 Å². The van der Waals surface area contributed by atoms with Crippen molar-refractivity contribution in [3.05, 3.63) is 89.3 Å². The van der Waals surface area contributed by atoms with Crippen LogP contribution in [0.2, 0.25) is 0 Å². The summed E-state index contributed by atoms with van der Waals surface area (Å²) in [7, 11) is 1.58. The molecule has 2 aromatic carbocycles. The zero-order valence-corrected chi connectivity index (χ0v) is 18.7. The number of ketones is 1. The molecule has 1 aliphatic heterocycles. The first-order valence-corrected chi connectivity index (χ1v) is 11.0. The Balaban J connectivity index is 1.71. The van der Waals surface area contributed by atoms with Crippen LogP contribution in [0.15, 0.2) is 72.6 Å². The van der Waals surface area contributed by atoms with E-state index in [4.69, 9.17) is 4.74 Å². The molecule has 4 aromatic rings. The van der Waals surface area contributed by atoms with E-state index in [0.29, 0.717) is 27.5 Å². The topological polar surface area (TPSA) is 92.6 Å². The van der Waals surface area contributed by atoms with Crippen molar-refractivity contribution in [3.63, 3.8) is 0 Å². The summed E-state index contributed by atoms with van der Waals surface area (Å²) in [6.07, 6.45) is 3.20. The Bertz CT molecular complexity index is 1410. The number of hydrogen-bond acceptors (Lipinski definition) is 7. The van der Waals surface area contributed by atoms with Crippen LogP contribution in [0.4, 0.5) is 5.13 Å². The Hall–Kier alpha value is -4.04. The molecule has 1 saturated heterocycles. The number of anilines is 1. The number of methoxy groups -OCH3 is 1. The number of amides is 1. The normalized spacial score (nSPS) is 17.6. The van der Waals surface area contributed by atoms with Gasteiger partial charge in [-0.2, -0.15) is 0 Å². The predicted octanol–water partition coefficient (Wildman–Crippen LogP) is 4.63. The molecule has 3 heterocycles. The summed E-state index contributed by atoms with van der Waals surface area (Å²) in [5, 5.41) is 11.5. The maximum Gasteiger partial charge on any atom is 0.301 e. The van der Waals surface area contributed by atoms with Crippen molar-refractivity contribution in [1.82, 2.24) is 9.97 Å². The van der Waals surface area contributed by atoms with E-state index >= 15 is 0 Å². The third kappa shape index (κ3) is 3.54. The molecule has 1 atom stereocenters. The molecule has 164 valence electrons. The van der Waals surface area contributed by atoms with Gasteiger partial charge < -0.3 is 9.84 Å². The van der Waals surface area contributed by atoms with E-state index in [1.165, 1.54) is 16.2 Å². The Morgan fingerprint density at radius 1 is 1.12 bits per heavy atom. The quantitative estimate of drug-likeness (QED) is 0.273. The number of aryl methyl sites for hydroxylation is 1. The standard InChI is InChI=1S/C25H19N3O4S/c1-14-5-7-15(8-6-14)22(29)20-21(16-4-3-11-26-13-16)28(24(31)23(20)30)25-27-18-10-9-17(32-2)12-19(18)33-25/h3-13,21,29H,1-2H3/t21-/m1/s1. The van der Waals surface area contributed by atoms with E-state index in [1.54, 1.807) is 55.9 Å². The van der Waals surface area contributed by atoms with Crippen LogP contribution in [-0.4, -0.2) is 33.9 Å². The third-order valence-corrected chi connectivity index (χ3v) is 6.58. The van der Waals surface area contributed by atoms with Gasteiger partial charge in [0.1, 0.15) is 11.5 Å². The second-order valence-electron chi connectivity index (χ2n) is 7.65. The Morgan fingerprint density at radius 2 is 1.91 bits per heavy atom. The summed E-state index contributed by atoms with van der Waals surface area (Å²) in [4.78, 5) is 36.5.